The molecule has 54 heavy (non-hydrogen) atoms. The Morgan fingerprint density at radius 2 is 1.22 bits per heavy atom. The Morgan fingerprint density at radius 1 is 0.704 bits per heavy atom. The van der Waals surface area contributed by atoms with Crippen molar-refractivity contribution in [2.75, 3.05) is 26.2 Å². The number of amides is 8. The van der Waals surface area contributed by atoms with Crippen LogP contribution in [0, 0.1) is 17.8 Å². The predicted molar refractivity (Wildman–Crippen MR) is 194 cm³/mol. The molecular weight excluding hydrogens is 706 g/mol. The highest BCUT2D eigenvalue weighted by atomic mass is 16.4. The van der Waals surface area contributed by atoms with E-state index in [9.17, 15) is 43.2 Å². The molecule has 0 spiro atoms. The fourth-order valence-electron chi connectivity index (χ4n) is 6.58. The molecule has 2 aliphatic heterocycles. The molecule has 2 fully saturated rings. The summed E-state index contributed by atoms with van der Waals surface area (Å²) in [5.74, 6) is -7.33. The van der Waals surface area contributed by atoms with Gasteiger partial charge in [-0.25, -0.2) is 0 Å². The number of carboxylic acid groups (broad SMARTS) is 1. The Morgan fingerprint density at radius 3 is 1.72 bits per heavy atom. The van der Waals surface area contributed by atoms with Gasteiger partial charge in [0.25, 0.3) is 0 Å². The van der Waals surface area contributed by atoms with Crippen LogP contribution in [0.5, 0.6) is 0 Å². The Bertz CT molecular complexity index is 1400. The van der Waals surface area contributed by atoms with Gasteiger partial charge in [0.15, 0.2) is 0 Å². The Hall–Kier alpha value is -4.81. The van der Waals surface area contributed by atoms with E-state index in [1.54, 1.807) is 27.7 Å². The second kappa shape index (κ2) is 21.2. The minimum absolute atomic E-state index is 0.0919. The average Bonchev–Trinajstić information content (AvgIpc) is 3.79. The van der Waals surface area contributed by atoms with E-state index in [1.807, 2.05) is 13.8 Å². The maximum absolute atomic E-state index is 13.8. The standard InChI is InChI=1S/C35H59N9O10/c1-18(2)15-22(40-34(53)29(20(5)6)42-32(51)24-10-7-13-43(24)26(46)16-36)30(49)41-28(19(3)4)33(52)39-21(11-12-25(37)45)35(54)44-14-8-9-23(44)31(50)38-17-27(47)48/h18-24,28-29H,7-17,36H2,1-6H3,(H2,37,45)(H,38,50)(H,39,52)(H,40,53)(H,41,49)(H,42,51)(H,47,48)/t21-,22-,23-,24-,28-,29-/m0/s1. The highest BCUT2D eigenvalue weighted by molar-refractivity contribution is 5.97. The predicted octanol–water partition coefficient (Wildman–Crippen LogP) is -2.31. The topological polar surface area (TPSA) is 293 Å². The summed E-state index contributed by atoms with van der Waals surface area (Å²) in [6.07, 6.45) is 1.41. The second-order valence-corrected chi connectivity index (χ2v) is 15.0. The van der Waals surface area contributed by atoms with E-state index in [0.29, 0.717) is 25.8 Å². The van der Waals surface area contributed by atoms with Gasteiger partial charge >= 0.3 is 5.97 Å². The van der Waals surface area contributed by atoms with Crippen molar-refractivity contribution in [1.82, 2.24) is 36.4 Å². The molecule has 2 aliphatic rings. The smallest absolute Gasteiger partial charge is 0.322 e. The lowest BCUT2D eigenvalue weighted by Gasteiger charge is -2.31. The molecule has 6 atom stereocenters. The number of carbonyl (C=O) groups is 9. The van der Waals surface area contributed by atoms with E-state index in [2.05, 4.69) is 26.6 Å². The lowest BCUT2D eigenvalue weighted by atomic mass is 9.98. The minimum atomic E-state index is -1.31. The van der Waals surface area contributed by atoms with Crippen LogP contribution in [0.3, 0.4) is 0 Å². The summed E-state index contributed by atoms with van der Waals surface area (Å²) >= 11 is 0. The minimum Gasteiger partial charge on any atom is -0.480 e. The van der Waals surface area contributed by atoms with Crippen molar-refractivity contribution in [3.8, 4) is 0 Å². The number of primary amides is 1. The van der Waals surface area contributed by atoms with Crippen LogP contribution < -0.4 is 38.1 Å². The first-order valence-corrected chi connectivity index (χ1v) is 18.6. The van der Waals surface area contributed by atoms with Crippen LogP contribution in [0.1, 0.15) is 86.5 Å². The van der Waals surface area contributed by atoms with Crippen LogP contribution in [0.15, 0.2) is 0 Å². The van der Waals surface area contributed by atoms with Crippen molar-refractivity contribution >= 4 is 53.2 Å². The van der Waals surface area contributed by atoms with Crippen LogP contribution in [-0.4, -0.2) is 131 Å². The molecule has 2 saturated heterocycles. The number of nitrogens with one attached hydrogen (secondary N) is 5. The molecule has 0 bridgehead atoms. The monoisotopic (exact) mass is 765 g/mol. The summed E-state index contributed by atoms with van der Waals surface area (Å²) in [7, 11) is 0. The van der Waals surface area contributed by atoms with Crippen LogP contribution in [0.25, 0.3) is 0 Å². The van der Waals surface area contributed by atoms with E-state index in [0.717, 1.165) is 0 Å². The lowest BCUT2D eigenvalue weighted by Crippen LogP contribution is -2.61. The summed E-state index contributed by atoms with van der Waals surface area (Å²) in [4.78, 5) is 118. The SMILES string of the molecule is CC(C)C[C@H](NC(=O)[C@@H](NC(=O)[C@@H]1CCCN1C(=O)CN)C(C)C)C(=O)N[C@H](C(=O)N[C@@H](CCC(N)=O)C(=O)N1CCC[C@H]1C(=O)NCC(=O)O)C(C)C. The van der Waals surface area contributed by atoms with Crippen molar-refractivity contribution in [3.63, 3.8) is 0 Å². The third-order valence-electron chi connectivity index (χ3n) is 9.43. The summed E-state index contributed by atoms with van der Waals surface area (Å²) in [5, 5.41) is 22.0. The van der Waals surface area contributed by atoms with Gasteiger partial charge in [0.05, 0.1) is 6.54 Å². The van der Waals surface area contributed by atoms with E-state index >= 15 is 0 Å². The van der Waals surface area contributed by atoms with Crippen molar-refractivity contribution < 1.29 is 48.3 Å². The lowest BCUT2D eigenvalue weighted by molar-refractivity contribution is -0.143. The van der Waals surface area contributed by atoms with E-state index in [-0.39, 0.29) is 50.6 Å². The molecule has 10 N–H and O–H groups in total. The number of likely N-dealkylation sites (tertiary alicyclic amines) is 2. The first-order valence-electron chi connectivity index (χ1n) is 18.6. The fraction of sp³-hybridized carbons (Fsp3) is 0.743. The quantitative estimate of drug-likeness (QED) is 0.0652. The van der Waals surface area contributed by atoms with Gasteiger partial charge in [-0.3, -0.25) is 43.2 Å². The molecule has 0 unspecified atom stereocenters. The molecule has 0 aromatic heterocycles. The van der Waals surface area contributed by atoms with Crippen molar-refractivity contribution in [1.29, 1.82) is 0 Å². The molecular formula is C35H59N9O10. The van der Waals surface area contributed by atoms with Gasteiger partial charge in [0, 0.05) is 19.5 Å². The zero-order valence-corrected chi connectivity index (χ0v) is 32.1. The molecule has 304 valence electrons. The van der Waals surface area contributed by atoms with E-state index in [1.165, 1.54) is 9.80 Å². The summed E-state index contributed by atoms with van der Waals surface area (Å²) in [6, 6.07) is -6.48. The highest BCUT2D eigenvalue weighted by Gasteiger charge is 2.40. The van der Waals surface area contributed by atoms with Crippen LogP contribution in [0.4, 0.5) is 0 Å². The second-order valence-electron chi connectivity index (χ2n) is 15.0. The molecule has 0 aromatic rings. The molecule has 0 radical (unpaired) electrons. The highest BCUT2D eigenvalue weighted by Crippen LogP contribution is 2.21. The number of aliphatic carboxylic acids is 1. The zero-order chi connectivity index (χ0) is 40.9. The first-order chi connectivity index (χ1) is 25.3. The number of nitrogens with zero attached hydrogens (tertiary/aromatic N) is 2. The summed E-state index contributed by atoms with van der Waals surface area (Å²) in [5.41, 5.74) is 10.9. The van der Waals surface area contributed by atoms with E-state index < -0.39 is 102 Å². The number of nitrogens with two attached hydrogens (primary N) is 2. The van der Waals surface area contributed by atoms with Gasteiger partial charge < -0.3 is 53.0 Å². The van der Waals surface area contributed by atoms with Gasteiger partial charge in [-0.2, -0.15) is 0 Å². The maximum atomic E-state index is 13.8. The number of hydrogen-bond acceptors (Lipinski definition) is 10. The number of rotatable bonds is 20. The molecule has 0 aromatic carbocycles. The van der Waals surface area contributed by atoms with Crippen molar-refractivity contribution in [3.05, 3.63) is 0 Å². The van der Waals surface area contributed by atoms with Crippen molar-refractivity contribution in [2.24, 2.45) is 29.2 Å². The van der Waals surface area contributed by atoms with E-state index in [4.69, 9.17) is 16.6 Å². The molecule has 2 rings (SSSR count). The Balaban J connectivity index is 2.24. The molecule has 8 amide bonds. The summed E-state index contributed by atoms with van der Waals surface area (Å²) < 4.78 is 0. The van der Waals surface area contributed by atoms with Crippen LogP contribution in [-0.2, 0) is 43.2 Å². The van der Waals surface area contributed by atoms with Gasteiger partial charge in [-0.05, 0) is 56.3 Å². The molecule has 2 heterocycles. The normalized spacial score (nSPS) is 19.1. The summed E-state index contributed by atoms with van der Waals surface area (Å²) in [6.45, 7) is 10.1. The third kappa shape index (κ3) is 13.2. The van der Waals surface area contributed by atoms with Crippen LogP contribution >= 0.6 is 0 Å². The van der Waals surface area contributed by atoms with Gasteiger partial charge in [0.1, 0.15) is 42.8 Å². The van der Waals surface area contributed by atoms with Crippen molar-refractivity contribution in [2.45, 2.75) is 123 Å². The van der Waals surface area contributed by atoms with Gasteiger partial charge in [0.2, 0.25) is 47.3 Å². The fourth-order valence-corrected chi connectivity index (χ4v) is 6.58. The number of hydrogen-bond donors (Lipinski definition) is 8. The first kappa shape index (κ1) is 45.3. The average molecular weight is 766 g/mol. The molecule has 19 heteroatoms. The number of carbonyl (C=O) groups excluding carboxylic acids is 8. The third-order valence-corrected chi connectivity index (χ3v) is 9.43. The van der Waals surface area contributed by atoms with Crippen LogP contribution in [0.2, 0.25) is 0 Å². The Labute approximate surface area is 315 Å². The molecule has 19 nitrogen and oxygen atoms in total. The largest absolute Gasteiger partial charge is 0.480 e. The maximum Gasteiger partial charge on any atom is 0.322 e. The van der Waals surface area contributed by atoms with Gasteiger partial charge in [-0.15, -0.1) is 0 Å². The number of carboxylic acids is 1. The molecule has 0 saturated carbocycles. The zero-order valence-electron chi connectivity index (χ0n) is 32.1. The Kier molecular flexibility index (Phi) is 17.8. The molecule has 0 aliphatic carbocycles. The van der Waals surface area contributed by atoms with Gasteiger partial charge in [-0.1, -0.05) is 41.5 Å².